The maximum atomic E-state index is 12.1. The van der Waals surface area contributed by atoms with Crippen molar-refractivity contribution in [2.75, 3.05) is 24.8 Å². The highest BCUT2D eigenvalue weighted by Gasteiger charge is 2.24. The van der Waals surface area contributed by atoms with E-state index in [1.165, 1.54) is 0 Å². The normalized spacial score (nSPS) is 19.2. The van der Waals surface area contributed by atoms with Crippen LogP contribution in [0.5, 0.6) is 11.5 Å². The minimum absolute atomic E-state index is 0.0846. The van der Waals surface area contributed by atoms with Gasteiger partial charge >= 0.3 is 0 Å². The summed E-state index contributed by atoms with van der Waals surface area (Å²) in [5.41, 5.74) is 0.908. The molecule has 1 N–H and O–H groups in total. The summed E-state index contributed by atoms with van der Waals surface area (Å²) in [7, 11) is 0. The van der Waals surface area contributed by atoms with Crippen LogP contribution in [0, 0.1) is 0 Å². The minimum Gasteiger partial charge on any atom is -0.454 e. The molecule has 2 aromatic rings. The molecule has 1 atom stereocenters. The number of carbonyl (C=O) groups excluding carboxylic acids is 1. The van der Waals surface area contributed by atoms with Crippen molar-refractivity contribution in [1.82, 2.24) is 10.3 Å². The van der Waals surface area contributed by atoms with Crippen LogP contribution >= 0.6 is 11.3 Å². The number of anilines is 1. The Balaban J connectivity index is 1.32. The van der Waals surface area contributed by atoms with Gasteiger partial charge in [-0.05, 0) is 30.2 Å². The van der Waals surface area contributed by atoms with E-state index in [9.17, 15) is 4.79 Å². The molecule has 1 amide bonds. The molecule has 1 saturated heterocycles. The van der Waals surface area contributed by atoms with Crippen LogP contribution in [0.15, 0.2) is 35.9 Å². The Hall–Kier alpha value is -2.54. The van der Waals surface area contributed by atoms with Crippen molar-refractivity contribution in [3.8, 4) is 11.5 Å². The van der Waals surface area contributed by atoms with Gasteiger partial charge in [0.15, 0.2) is 16.6 Å². The second kappa shape index (κ2) is 6.52. The second-order valence-electron chi connectivity index (χ2n) is 5.70. The summed E-state index contributed by atoms with van der Waals surface area (Å²) >= 11 is 1.62. The smallest absolute Gasteiger partial charge is 0.244 e. The Labute approximate surface area is 143 Å². The number of thiazole rings is 1. The summed E-state index contributed by atoms with van der Waals surface area (Å²) in [5.74, 6) is 1.37. The predicted molar refractivity (Wildman–Crippen MR) is 92.5 cm³/mol. The standard InChI is InChI=1S/C17H17N3O3S/c21-16(4-2-12-1-3-14-15(9-12)23-11-22-14)19-13-5-7-20(10-13)17-18-6-8-24-17/h1-4,6,8-9,13H,5,7,10-11H2,(H,19,21)/b4-2+. The van der Waals surface area contributed by atoms with Crippen molar-refractivity contribution in [3.05, 3.63) is 41.4 Å². The number of aromatic nitrogens is 1. The van der Waals surface area contributed by atoms with E-state index in [-0.39, 0.29) is 18.7 Å². The van der Waals surface area contributed by atoms with Crippen LogP contribution in [0.4, 0.5) is 5.13 Å². The third-order valence-corrected chi connectivity index (χ3v) is 4.88. The average Bonchev–Trinajstić information content (AvgIpc) is 3.32. The third-order valence-electron chi connectivity index (χ3n) is 4.05. The van der Waals surface area contributed by atoms with E-state index in [0.29, 0.717) is 5.75 Å². The lowest BCUT2D eigenvalue weighted by atomic mass is 10.2. The molecule has 3 heterocycles. The van der Waals surface area contributed by atoms with Gasteiger partial charge in [0.05, 0.1) is 0 Å². The monoisotopic (exact) mass is 343 g/mol. The Morgan fingerprint density at radius 1 is 1.38 bits per heavy atom. The molecule has 0 bridgehead atoms. The summed E-state index contributed by atoms with van der Waals surface area (Å²) in [5, 5.41) is 6.03. The van der Waals surface area contributed by atoms with E-state index in [2.05, 4.69) is 15.2 Å². The van der Waals surface area contributed by atoms with Gasteiger partial charge in [-0.15, -0.1) is 11.3 Å². The molecule has 6 nitrogen and oxygen atoms in total. The predicted octanol–water partition coefficient (Wildman–Crippen LogP) is 2.28. The zero-order valence-electron chi connectivity index (χ0n) is 13.0. The van der Waals surface area contributed by atoms with Crippen molar-refractivity contribution >= 4 is 28.5 Å². The highest BCUT2D eigenvalue weighted by Crippen LogP contribution is 2.32. The Morgan fingerprint density at radius 2 is 2.29 bits per heavy atom. The van der Waals surface area contributed by atoms with Crippen LogP contribution in [-0.2, 0) is 4.79 Å². The largest absolute Gasteiger partial charge is 0.454 e. The van der Waals surface area contributed by atoms with Gasteiger partial charge in [0.25, 0.3) is 0 Å². The van der Waals surface area contributed by atoms with E-state index in [1.54, 1.807) is 29.7 Å². The number of amides is 1. The third kappa shape index (κ3) is 3.21. The fourth-order valence-electron chi connectivity index (χ4n) is 2.86. The van der Waals surface area contributed by atoms with Gasteiger partial charge in [-0.25, -0.2) is 4.98 Å². The van der Waals surface area contributed by atoms with Crippen LogP contribution in [0.1, 0.15) is 12.0 Å². The van der Waals surface area contributed by atoms with Crippen molar-refractivity contribution in [2.24, 2.45) is 0 Å². The molecular weight excluding hydrogens is 326 g/mol. The molecule has 4 rings (SSSR count). The van der Waals surface area contributed by atoms with E-state index in [0.717, 1.165) is 36.0 Å². The molecule has 2 aliphatic rings. The quantitative estimate of drug-likeness (QED) is 0.863. The van der Waals surface area contributed by atoms with Crippen LogP contribution in [0.25, 0.3) is 6.08 Å². The van der Waals surface area contributed by atoms with Crippen LogP contribution in [-0.4, -0.2) is 36.8 Å². The van der Waals surface area contributed by atoms with Crippen molar-refractivity contribution < 1.29 is 14.3 Å². The first kappa shape index (κ1) is 15.0. The number of fused-ring (bicyclic) bond motifs is 1. The number of ether oxygens (including phenoxy) is 2. The lowest BCUT2D eigenvalue weighted by molar-refractivity contribution is -0.117. The summed E-state index contributed by atoms with van der Waals surface area (Å²) in [4.78, 5) is 18.6. The summed E-state index contributed by atoms with van der Waals surface area (Å²) in [6.45, 7) is 1.97. The molecule has 1 unspecified atom stereocenters. The lowest BCUT2D eigenvalue weighted by Crippen LogP contribution is -2.36. The first-order chi connectivity index (χ1) is 11.8. The fourth-order valence-corrected chi connectivity index (χ4v) is 3.54. The van der Waals surface area contributed by atoms with E-state index in [4.69, 9.17) is 9.47 Å². The van der Waals surface area contributed by atoms with Crippen molar-refractivity contribution in [3.63, 3.8) is 0 Å². The summed E-state index contributed by atoms with van der Waals surface area (Å²) in [6.07, 6.45) is 6.08. The SMILES string of the molecule is O=C(/C=C/c1ccc2c(c1)OCO2)NC1CCN(c2nccs2)C1. The number of rotatable bonds is 4. The molecule has 1 aromatic carbocycles. The molecule has 24 heavy (non-hydrogen) atoms. The van der Waals surface area contributed by atoms with Crippen molar-refractivity contribution in [2.45, 2.75) is 12.5 Å². The topological polar surface area (TPSA) is 63.7 Å². The zero-order valence-corrected chi connectivity index (χ0v) is 13.8. The number of nitrogens with one attached hydrogen (secondary N) is 1. The Bertz CT molecular complexity index is 760. The number of benzene rings is 1. The fraction of sp³-hybridized carbons (Fsp3) is 0.294. The van der Waals surface area contributed by atoms with E-state index >= 15 is 0 Å². The molecule has 1 aromatic heterocycles. The molecule has 7 heteroatoms. The van der Waals surface area contributed by atoms with Gasteiger partial charge in [0, 0.05) is 36.8 Å². The minimum atomic E-state index is -0.0846. The molecule has 0 spiro atoms. The average molecular weight is 343 g/mol. The van der Waals surface area contributed by atoms with Gasteiger partial charge in [0.1, 0.15) is 0 Å². The van der Waals surface area contributed by atoms with Gasteiger partial charge < -0.3 is 19.7 Å². The van der Waals surface area contributed by atoms with E-state index in [1.807, 2.05) is 23.6 Å². The molecule has 124 valence electrons. The first-order valence-corrected chi connectivity index (χ1v) is 8.68. The molecule has 1 fully saturated rings. The van der Waals surface area contributed by atoms with Crippen LogP contribution in [0.3, 0.4) is 0 Å². The number of carbonyl (C=O) groups is 1. The first-order valence-electron chi connectivity index (χ1n) is 7.80. The Kier molecular flexibility index (Phi) is 4.08. The maximum Gasteiger partial charge on any atom is 0.244 e. The number of hydrogen-bond acceptors (Lipinski definition) is 6. The van der Waals surface area contributed by atoms with Crippen molar-refractivity contribution in [1.29, 1.82) is 0 Å². The molecule has 0 saturated carbocycles. The van der Waals surface area contributed by atoms with Gasteiger partial charge in [-0.1, -0.05) is 6.07 Å². The van der Waals surface area contributed by atoms with Crippen LogP contribution < -0.4 is 19.7 Å². The summed E-state index contributed by atoms with van der Waals surface area (Å²) in [6, 6.07) is 5.77. The van der Waals surface area contributed by atoms with Gasteiger partial charge in [0.2, 0.25) is 12.7 Å². The highest BCUT2D eigenvalue weighted by molar-refractivity contribution is 7.13. The molecule has 0 radical (unpaired) electrons. The Morgan fingerprint density at radius 3 is 3.17 bits per heavy atom. The maximum absolute atomic E-state index is 12.1. The summed E-state index contributed by atoms with van der Waals surface area (Å²) < 4.78 is 10.6. The lowest BCUT2D eigenvalue weighted by Gasteiger charge is -2.15. The van der Waals surface area contributed by atoms with Crippen LogP contribution in [0.2, 0.25) is 0 Å². The highest BCUT2D eigenvalue weighted by atomic mass is 32.1. The van der Waals surface area contributed by atoms with Gasteiger partial charge in [-0.2, -0.15) is 0 Å². The number of nitrogens with zero attached hydrogens (tertiary/aromatic N) is 2. The molecule has 2 aliphatic heterocycles. The number of hydrogen-bond donors (Lipinski definition) is 1. The molecule has 0 aliphatic carbocycles. The van der Waals surface area contributed by atoms with Gasteiger partial charge in [-0.3, -0.25) is 4.79 Å². The zero-order chi connectivity index (χ0) is 16.4. The second-order valence-corrected chi connectivity index (χ2v) is 6.57. The molecular formula is C17H17N3O3S. The van der Waals surface area contributed by atoms with E-state index < -0.39 is 0 Å².